The third-order valence-corrected chi connectivity index (χ3v) is 3.11. The molecule has 0 rings (SSSR count). The summed E-state index contributed by atoms with van der Waals surface area (Å²) in [7, 11) is 0. The summed E-state index contributed by atoms with van der Waals surface area (Å²) in [6.07, 6.45) is 11.5. The molecule has 0 aliphatic rings. The molecule has 0 aliphatic heterocycles. The monoisotopic (exact) mass is 506 g/mol. The van der Waals surface area contributed by atoms with Crippen molar-refractivity contribution in [1.82, 2.24) is 0 Å². The second kappa shape index (κ2) is 36.7. The molecule has 0 fully saturated rings. The summed E-state index contributed by atoms with van der Waals surface area (Å²) in [6.45, 7) is 6.56. The van der Waals surface area contributed by atoms with E-state index in [2.05, 4.69) is 20.8 Å². The van der Waals surface area contributed by atoms with E-state index in [1.54, 1.807) is 0 Å². The standard InChI is InChI=1S/3C5H12S.Au/c3*1-2-3-4-5-6;/h3*6H,2-5H2,1H3;/q;;;+3/p-3. The van der Waals surface area contributed by atoms with E-state index in [0.717, 1.165) is 17.3 Å². The van der Waals surface area contributed by atoms with Gasteiger partial charge in [0.15, 0.2) is 0 Å². The first-order valence-corrected chi connectivity index (χ1v) is 9.22. The van der Waals surface area contributed by atoms with E-state index in [9.17, 15) is 0 Å². The second-order valence-corrected chi connectivity index (χ2v) is 5.46. The van der Waals surface area contributed by atoms with Crippen LogP contribution in [0.15, 0.2) is 0 Å². The molecule has 4 heteroatoms. The summed E-state index contributed by atoms with van der Waals surface area (Å²) in [5, 5.41) is 0. The molecule has 0 aromatic heterocycles. The van der Waals surface area contributed by atoms with Gasteiger partial charge in [-0.2, -0.15) is 17.3 Å². The van der Waals surface area contributed by atoms with Crippen molar-refractivity contribution in [3.8, 4) is 0 Å². The smallest absolute Gasteiger partial charge is 0.793 e. The minimum atomic E-state index is 0. The fraction of sp³-hybridized carbons (Fsp3) is 1.00. The average molecular weight is 507 g/mol. The van der Waals surface area contributed by atoms with Crippen LogP contribution in [0, 0.1) is 0 Å². The van der Waals surface area contributed by atoms with Gasteiger partial charge in [-0.05, 0) is 0 Å². The van der Waals surface area contributed by atoms with E-state index in [1.165, 1.54) is 57.8 Å². The van der Waals surface area contributed by atoms with E-state index in [0.29, 0.717) is 0 Å². The van der Waals surface area contributed by atoms with E-state index < -0.39 is 0 Å². The molecule has 0 nitrogen and oxygen atoms in total. The molecule has 0 radical (unpaired) electrons. The molecular weight excluding hydrogens is 473 g/mol. The zero-order valence-corrected chi connectivity index (χ0v) is 17.6. The maximum Gasteiger partial charge on any atom is 3.00 e. The van der Waals surface area contributed by atoms with E-state index in [4.69, 9.17) is 37.9 Å². The van der Waals surface area contributed by atoms with Gasteiger partial charge in [-0.1, -0.05) is 78.6 Å². The van der Waals surface area contributed by atoms with Crippen LogP contribution in [0.2, 0.25) is 0 Å². The summed E-state index contributed by atoms with van der Waals surface area (Å²) in [4.78, 5) is 0. The largest absolute Gasteiger partial charge is 3.00 e. The van der Waals surface area contributed by atoms with Crippen LogP contribution < -0.4 is 0 Å². The van der Waals surface area contributed by atoms with Gasteiger partial charge < -0.3 is 37.9 Å². The Morgan fingerprint density at radius 3 is 0.737 bits per heavy atom. The predicted molar refractivity (Wildman–Crippen MR) is 95.3 cm³/mol. The molecular formula is C15H33AuS3. The van der Waals surface area contributed by atoms with Crippen LogP contribution in [-0.4, -0.2) is 17.3 Å². The summed E-state index contributed by atoms with van der Waals surface area (Å²) >= 11 is 14.2. The topological polar surface area (TPSA) is 0 Å². The molecule has 0 spiro atoms. The molecule has 0 N–H and O–H groups in total. The van der Waals surface area contributed by atoms with Gasteiger partial charge in [-0.25, -0.2) is 0 Å². The molecule has 0 saturated carbocycles. The maximum atomic E-state index is 4.72. The van der Waals surface area contributed by atoms with Gasteiger partial charge in [-0.3, -0.25) is 0 Å². The van der Waals surface area contributed by atoms with Gasteiger partial charge in [0, 0.05) is 0 Å². The Hall–Kier alpha value is 1.79. The Labute approximate surface area is 155 Å². The normalized spacial score (nSPS) is 8.53. The van der Waals surface area contributed by atoms with E-state index in [-0.39, 0.29) is 22.4 Å². The molecule has 19 heavy (non-hydrogen) atoms. The molecule has 0 aromatic rings. The van der Waals surface area contributed by atoms with Gasteiger partial charge in [0.1, 0.15) is 0 Å². The fourth-order valence-electron chi connectivity index (χ4n) is 1.06. The molecule has 122 valence electrons. The average Bonchev–Trinajstić information content (AvgIpc) is 2.42. The summed E-state index contributed by atoms with van der Waals surface area (Å²) in [5.41, 5.74) is 0. The third kappa shape index (κ3) is 53.8. The van der Waals surface area contributed by atoms with Crippen molar-refractivity contribution in [2.24, 2.45) is 0 Å². The number of hydrogen-bond donors (Lipinski definition) is 0. The van der Waals surface area contributed by atoms with Crippen molar-refractivity contribution in [1.29, 1.82) is 0 Å². The molecule has 0 aliphatic carbocycles. The Balaban J connectivity index is -0.0000000865. The van der Waals surface area contributed by atoms with Crippen molar-refractivity contribution in [2.45, 2.75) is 78.6 Å². The van der Waals surface area contributed by atoms with Crippen LogP contribution in [0.25, 0.3) is 0 Å². The molecule has 0 atom stereocenters. The number of rotatable bonds is 9. The molecule has 0 unspecified atom stereocenters. The molecule has 0 bridgehead atoms. The zero-order valence-electron chi connectivity index (χ0n) is 13.0. The van der Waals surface area contributed by atoms with Crippen LogP contribution in [-0.2, 0) is 60.3 Å². The maximum absolute atomic E-state index is 4.72. The Kier molecular flexibility index (Phi) is 55.9. The fourth-order valence-corrected chi connectivity index (χ4v) is 1.67. The van der Waals surface area contributed by atoms with Gasteiger partial charge in [0.05, 0.1) is 0 Å². The number of unbranched alkanes of at least 4 members (excludes halogenated alkanes) is 6. The van der Waals surface area contributed by atoms with Crippen LogP contribution in [0.4, 0.5) is 0 Å². The van der Waals surface area contributed by atoms with Gasteiger partial charge in [0.2, 0.25) is 0 Å². The van der Waals surface area contributed by atoms with Crippen molar-refractivity contribution in [3.63, 3.8) is 0 Å². The minimum Gasteiger partial charge on any atom is -0.793 e. The molecule has 0 amide bonds. The second-order valence-electron chi connectivity index (χ2n) is 4.23. The van der Waals surface area contributed by atoms with Crippen LogP contribution in [0.3, 0.4) is 0 Å². The van der Waals surface area contributed by atoms with Crippen LogP contribution in [0.5, 0.6) is 0 Å². The van der Waals surface area contributed by atoms with Crippen LogP contribution in [0.1, 0.15) is 78.6 Å². The van der Waals surface area contributed by atoms with Gasteiger partial charge in [0.25, 0.3) is 0 Å². The van der Waals surface area contributed by atoms with Crippen molar-refractivity contribution in [2.75, 3.05) is 17.3 Å². The summed E-state index contributed by atoms with van der Waals surface area (Å²) < 4.78 is 0. The van der Waals surface area contributed by atoms with E-state index >= 15 is 0 Å². The van der Waals surface area contributed by atoms with E-state index in [1.807, 2.05) is 0 Å². The molecule has 0 heterocycles. The van der Waals surface area contributed by atoms with Gasteiger partial charge in [-0.15, -0.1) is 0 Å². The molecule has 0 aromatic carbocycles. The predicted octanol–water partition coefficient (Wildman–Crippen LogP) is 5.17. The Morgan fingerprint density at radius 2 is 0.684 bits per heavy atom. The van der Waals surface area contributed by atoms with Crippen molar-refractivity contribution < 1.29 is 22.4 Å². The first kappa shape index (κ1) is 28.9. The first-order valence-electron chi connectivity index (χ1n) is 7.49. The van der Waals surface area contributed by atoms with Crippen molar-refractivity contribution >= 4 is 37.9 Å². The zero-order chi connectivity index (χ0) is 14.5. The minimum absolute atomic E-state index is 0. The summed E-state index contributed by atoms with van der Waals surface area (Å²) in [6, 6.07) is 0. The number of hydrogen-bond acceptors (Lipinski definition) is 3. The summed E-state index contributed by atoms with van der Waals surface area (Å²) in [5.74, 6) is 2.82. The Bertz CT molecular complexity index is 72.4. The third-order valence-electron chi connectivity index (χ3n) is 2.24. The van der Waals surface area contributed by atoms with Gasteiger partial charge >= 0.3 is 22.4 Å². The SMILES string of the molecule is CCCCC[S-].CCCCC[S-].CCCCC[S-].[Au+3]. The molecule has 0 saturated heterocycles. The van der Waals surface area contributed by atoms with Crippen molar-refractivity contribution in [3.05, 3.63) is 0 Å². The quantitative estimate of drug-likeness (QED) is 0.241. The Morgan fingerprint density at radius 1 is 0.474 bits per heavy atom. The van der Waals surface area contributed by atoms with Crippen LogP contribution >= 0.6 is 0 Å². The first-order chi connectivity index (χ1) is 8.74.